The van der Waals surface area contributed by atoms with Crippen LogP contribution in [0.4, 0.5) is 0 Å². The van der Waals surface area contributed by atoms with E-state index in [4.69, 9.17) is 52.5 Å². The summed E-state index contributed by atoms with van der Waals surface area (Å²) in [5.74, 6) is 1.19. The first kappa shape index (κ1) is 65.5. The zero-order chi connectivity index (χ0) is 63.3. The average Bonchev–Trinajstić information content (AvgIpc) is 2.11. The molecule has 0 saturated carbocycles. The largest absolute Gasteiger partial charge is 0.493 e. The van der Waals surface area contributed by atoms with E-state index < -0.39 is 29.2 Å². The lowest BCUT2D eigenvalue weighted by atomic mass is 9.86. The van der Waals surface area contributed by atoms with Gasteiger partial charge in [0.1, 0.15) is 19.8 Å². The molecule has 462 valence electrons. The predicted octanol–water partition coefficient (Wildman–Crippen LogP) is 12.8. The SMILES string of the molecule is CCCC(C)(COc1c(-c2cccc3c2CCC3=O)ccc(OC)c1OC)C(=O)O.COc1ccc(-c2cccc3c2CCC3=O)c(OC[C@H](C)C(=O)O)c1OC.COc1ccc(-c2cccc3c2CCC3=O)c(OC[C@H](C)C(=O)OC(C)C)c1OC. The summed E-state index contributed by atoms with van der Waals surface area (Å²) in [5, 5.41) is 18.9. The number of hydrogen-bond acceptors (Lipinski definition) is 16. The Kier molecular flexibility index (Phi) is 22.1. The van der Waals surface area contributed by atoms with Crippen LogP contribution in [0.5, 0.6) is 51.7 Å². The normalized spacial score (nSPS) is 14.1. The van der Waals surface area contributed by atoms with E-state index in [0.29, 0.717) is 96.7 Å². The van der Waals surface area contributed by atoms with Crippen molar-refractivity contribution in [3.8, 4) is 85.1 Å². The topological polar surface area (TPSA) is 235 Å². The molecule has 0 aromatic heterocycles. The smallest absolute Gasteiger partial charge is 0.312 e. The minimum atomic E-state index is -1.03. The summed E-state index contributed by atoms with van der Waals surface area (Å²) in [7, 11) is 9.20. The van der Waals surface area contributed by atoms with Gasteiger partial charge in [0.25, 0.3) is 0 Å². The van der Waals surface area contributed by atoms with Crippen molar-refractivity contribution >= 4 is 35.3 Å². The van der Waals surface area contributed by atoms with Crippen LogP contribution in [0.2, 0.25) is 0 Å². The van der Waals surface area contributed by atoms with E-state index in [2.05, 4.69) is 0 Å². The maximum atomic E-state index is 12.2. The molecule has 0 amide bonds. The molecule has 2 N–H and O–H groups in total. The van der Waals surface area contributed by atoms with Gasteiger partial charge in [-0.3, -0.25) is 28.8 Å². The monoisotopic (exact) mass is 1190 g/mol. The maximum absolute atomic E-state index is 12.2. The highest BCUT2D eigenvalue weighted by atomic mass is 16.6. The summed E-state index contributed by atoms with van der Waals surface area (Å²) in [6.45, 7) is 10.7. The maximum Gasteiger partial charge on any atom is 0.312 e. The number of aliphatic carboxylic acids is 2. The summed E-state index contributed by atoms with van der Waals surface area (Å²) in [4.78, 5) is 71.8. The van der Waals surface area contributed by atoms with Gasteiger partial charge >= 0.3 is 17.9 Å². The molecule has 6 aromatic rings. The zero-order valence-electron chi connectivity index (χ0n) is 51.6. The van der Waals surface area contributed by atoms with Crippen LogP contribution >= 0.6 is 0 Å². The summed E-state index contributed by atoms with van der Waals surface area (Å²) in [6.07, 6.45) is 4.54. The van der Waals surface area contributed by atoms with Crippen LogP contribution in [0.15, 0.2) is 91.0 Å². The van der Waals surface area contributed by atoms with E-state index in [0.717, 1.165) is 73.2 Å². The van der Waals surface area contributed by atoms with Crippen molar-refractivity contribution in [1.82, 2.24) is 0 Å². The minimum Gasteiger partial charge on any atom is -0.493 e. The Morgan fingerprint density at radius 3 is 1.10 bits per heavy atom. The number of fused-ring (bicyclic) bond motifs is 3. The quantitative estimate of drug-likeness (QED) is 0.0536. The Morgan fingerprint density at radius 1 is 0.448 bits per heavy atom. The van der Waals surface area contributed by atoms with Crippen LogP contribution in [0.1, 0.15) is 121 Å². The molecule has 0 fully saturated rings. The Bertz CT molecular complexity index is 3530. The van der Waals surface area contributed by atoms with E-state index in [1.807, 2.05) is 99.6 Å². The number of hydrogen-bond donors (Lipinski definition) is 2. The summed E-state index contributed by atoms with van der Waals surface area (Å²) < 4.78 is 56.3. The Morgan fingerprint density at radius 2 is 0.793 bits per heavy atom. The van der Waals surface area contributed by atoms with Crippen LogP contribution in [0.25, 0.3) is 33.4 Å². The number of rotatable bonds is 24. The number of ketones is 3. The fraction of sp³-hybridized carbons (Fsp3) is 0.391. The van der Waals surface area contributed by atoms with Gasteiger partial charge in [0.05, 0.1) is 66.0 Å². The first-order chi connectivity index (χ1) is 41.7. The van der Waals surface area contributed by atoms with Crippen LogP contribution < -0.4 is 42.6 Å². The first-order valence-corrected chi connectivity index (χ1v) is 29.0. The van der Waals surface area contributed by atoms with Gasteiger partial charge in [-0.2, -0.15) is 0 Å². The van der Waals surface area contributed by atoms with Crippen molar-refractivity contribution in [2.24, 2.45) is 17.3 Å². The van der Waals surface area contributed by atoms with E-state index in [1.54, 1.807) is 54.2 Å². The van der Waals surface area contributed by atoms with E-state index in [-0.39, 0.29) is 49.2 Å². The van der Waals surface area contributed by atoms with Crippen molar-refractivity contribution in [1.29, 1.82) is 0 Å². The molecule has 0 spiro atoms. The van der Waals surface area contributed by atoms with Gasteiger partial charge in [-0.25, -0.2) is 0 Å². The Hall–Kier alpha value is -9.06. The number of carbonyl (C=O) groups excluding carboxylic acids is 4. The second kappa shape index (κ2) is 29.4. The number of carboxylic acid groups (broad SMARTS) is 2. The average molecular weight is 1200 g/mol. The number of methoxy groups -OCH3 is 6. The number of carboxylic acids is 2. The molecule has 18 heteroatoms. The third-order valence-corrected chi connectivity index (χ3v) is 15.6. The molecule has 6 aromatic carbocycles. The van der Waals surface area contributed by atoms with Gasteiger partial charge in [0.15, 0.2) is 51.8 Å². The van der Waals surface area contributed by atoms with E-state index in [9.17, 15) is 33.9 Å². The molecule has 0 saturated heterocycles. The summed E-state index contributed by atoms with van der Waals surface area (Å²) in [6, 6.07) is 28.0. The van der Waals surface area contributed by atoms with Crippen molar-refractivity contribution < 1.29 is 86.3 Å². The van der Waals surface area contributed by atoms with Crippen LogP contribution in [0, 0.1) is 17.3 Å². The van der Waals surface area contributed by atoms with Gasteiger partial charge < -0.3 is 57.6 Å². The predicted molar refractivity (Wildman–Crippen MR) is 327 cm³/mol. The number of ether oxygens (including phenoxy) is 10. The number of esters is 1. The standard InChI is InChI=1S/2C24H28O6.C21H22O6/c1-14(2)30-24(26)15(3)13-29-22-19(10-12-21(27-4)23(22)28-5)16-7-6-8-18-17(16)9-11-20(18)25;1-5-13-24(2,23(26)27)14-30-21-18(10-12-20(28-3)22(21)29-4)15-7-6-8-17-16(15)9-11-19(17)25;1-12(21(23)24)11-27-19-16(8-10-18(25-2)20(19)26-3)13-5-4-6-15-14(13)7-9-17(15)22/h6-8,10,12,14-15H,9,11,13H2,1-5H3;6-8,10,12H,5,9,11,13-14H2,1-4H3,(H,26,27);4-6,8,10,12H,7,9,11H2,1-3H3,(H,23,24)/t15-;;12-/m0.0/s1. The summed E-state index contributed by atoms with van der Waals surface area (Å²) in [5.41, 5.74) is 9.14. The lowest BCUT2D eigenvalue weighted by Crippen LogP contribution is -2.34. The van der Waals surface area contributed by atoms with Crippen LogP contribution in [0.3, 0.4) is 0 Å². The second-order valence-electron chi connectivity index (χ2n) is 22.0. The molecule has 87 heavy (non-hydrogen) atoms. The lowest BCUT2D eigenvalue weighted by Gasteiger charge is -2.26. The fourth-order valence-electron chi connectivity index (χ4n) is 10.9. The second-order valence-corrected chi connectivity index (χ2v) is 22.0. The van der Waals surface area contributed by atoms with E-state index in [1.165, 1.54) is 21.3 Å². The molecule has 0 heterocycles. The molecule has 18 nitrogen and oxygen atoms in total. The molecular weight excluding hydrogens is 1120 g/mol. The van der Waals surface area contributed by atoms with Crippen molar-refractivity contribution in [2.45, 2.75) is 99.0 Å². The first-order valence-electron chi connectivity index (χ1n) is 29.0. The Balaban J connectivity index is 0.000000187. The van der Waals surface area contributed by atoms with Gasteiger partial charge in [-0.15, -0.1) is 0 Å². The molecule has 0 bridgehead atoms. The molecule has 9 rings (SSSR count). The van der Waals surface area contributed by atoms with Crippen LogP contribution in [-0.2, 0) is 38.4 Å². The molecular formula is C69H78O18. The minimum absolute atomic E-state index is 0.0132. The highest BCUT2D eigenvalue weighted by molar-refractivity contribution is 6.04. The number of carbonyl (C=O) groups is 6. The molecule has 3 aliphatic carbocycles. The highest BCUT2D eigenvalue weighted by Crippen LogP contribution is 2.50. The molecule has 1 unspecified atom stereocenters. The van der Waals surface area contributed by atoms with Crippen molar-refractivity contribution in [3.63, 3.8) is 0 Å². The van der Waals surface area contributed by atoms with Gasteiger partial charge in [-0.1, -0.05) is 67.9 Å². The number of benzene rings is 6. The van der Waals surface area contributed by atoms with Crippen molar-refractivity contribution in [3.05, 3.63) is 124 Å². The van der Waals surface area contributed by atoms with Crippen molar-refractivity contribution in [2.75, 3.05) is 62.5 Å². The fourth-order valence-corrected chi connectivity index (χ4v) is 10.9. The molecule has 0 aliphatic heterocycles. The zero-order valence-corrected chi connectivity index (χ0v) is 51.6. The lowest BCUT2D eigenvalue weighted by molar-refractivity contribution is -0.153. The van der Waals surface area contributed by atoms with Gasteiger partial charge in [0.2, 0.25) is 17.2 Å². The number of Topliss-reactive ketones (excluding diaryl/α,β-unsaturated/α-hetero) is 3. The molecule has 3 atom stereocenters. The van der Waals surface area contributed by atoms with Gasteiger partial charge in [-0.05, 0) is 130 Å². The van der Waals surface area contributed by atoms with E-state index >= 15 is 0 Å². The van der Waals surface area contributed by atoms with Crippen LogP contribution in [-0.4, -0.2) is 114 Å². The third-order valence-electron chi connectivity index (χ3n) is 15.6. The Labute approximate surface area is 507 Å². The molecule has 0 radical (unpaired) electrons. The summed E-state index contributed by atoms with van der Waals surface area (Å²) >= 11 is 0. The molecule has 3 aliphatic rings. The highest BCUT2D eigenvalue weighted by Gasteiger charge is 2.36. The third kappa shape index (κ3) is 14.4. The van der Waals surface area contributed by atoms with Gasteiger partial charge in [0, 0.05) is 52.6 Å².